The third-order valence-corrected chi connectivity index (χ3v) is 5.95. The summed E-state index contributed by atoms with van der Waals surface area (Å²) in [5.74, 6) is -2.62. The molecule has 0 aliphatic heterocycles. The minimum atomic E-state index is -0.767. The third kappa shape index (κ3) is 9.69. The maximum atomic E-state index is 13.5. The first kappa shape index (κ1) is 29.4. The van der Waals surface area contributed by atoms with Crippen molar-refractivity contribution >= 4 is 11.9 Å². The Morgan fingerprint density at radius 3 is 1.83 bits per heavy atom. The molecule has 3 atom stereocenters. The molecule has 0 bridgehead atoms. The van der Waals surface area contributed by atoms with Crippen LogP contribution in [0.3, 0.4) is 0 Å². The van der Waals surface area contributed by atoms with Crippen molar-refractivity contribution in [2.45, 2.75) is 85.2 Å². The van der Waals surface area contributed by atoms with Crippen molar-refractivity contribution in [3.05, 3.63) is 71.3 Å². The molecule has 0 unspecified atom stereocenters. The summed E-state index contributed by atoms with van der Waals surface area (Å²) in [6.07, 6.45) is -0.200. The van der Waals surface area contributed by atoms with Crippen molar-refractivity contribution in [3.8, 4) is 0 Å². The number of ether oxygens (including phenoxy) is 3. The Labute approximate surface area is 213 Å². The molecule has 0 amide bonds. The van der Waals surface area contributed by atoms with E-state index in [0.717, 1.165) is 11.1 Å². The second kappa shape index (κ2) is 12.4. The first-order chi connectivity index (χ1) is 16.7. The van der Waals surface area contributed by atoms with Crippen LogP contribution in [0.1, 0.15) is 66.0 Å². The molecule has 0 spiro atoms. The van der Waals surface area contributed by atoms with Crippen LogP contribution in [0.2, 0.25) is 0 Å². The topological polar surface area (TPSA) is 61.8 Å². The number of carbonyl (C=O) groups excluding carboxylic acids is 2. The van der Waals surface area contributed by atoms with Gasteiger partial charge in [0.15, 0.2) is 0 Å². The zero-order valence-electron chi connectivity index (χ0n) is 22.3. The van der Waals surface area contributed by atoms with E-state index >= 15 is 0 Å². The second-order valence-corrected chi connectivity index (χ2v) is 10.8. The number of hydrogen-bond acceptors (Lipinski definition) is 5. The highest BCUT2D eigenvalue weighted by Crippen LogP contribution is 2.31. The fourth-order valence-electron chi connectivity index (χ4n) is 3.91. The average molecular weight is 505 g/mol. The molecule has 5 nitrogen and oxygen atoms in total. The molecular formula is C29H38F2O5. The molecule has 36 heavy (non-hydrogen) atoms. The van der Waals surface area contributed by atoms with Crippen molar-refractivity contribution in [2.24, 2.45) is 11.8 Å². The van der Waals surface area contributed by atoms with E-state index in [2.05, 4.69) is 0 Å². The Kier molecular flexibility index (Phi) is 10.2. The van der Waals surface area contributed by atoms with Gasteiger partial charge in [0, 0.05) is 5.92 Å². The lowest BCUT2D eigenvalue weighted by Gasteiger charge is -2.38. The molecule has 198 valence electrons. The van der Waals surface area contributed by atoms with Gasteiger partial charge in [0.2, 0.25) is 0 Å². The van der Waals surface area contributed by atoms with E-state index in [1.165, 1.54) is 24.3 Å². The van der Waals surface area contributed by atoms with Crippen molar-refractivity contribution in [2.75, 3.05) is 0 Å². The normalized spacial score (nSPS) is 14.6. The van der Waals surface area contributed by atoms with E-state index in [4.69, 9.17) is 14.2 Å². The highest BCUT2D eigenvalue weighted by molar-refractivity contribution is 5.79. The summed E-state index contributed by atoms with van der Waals surface area (Å²) in [5, 5.41) is 0. The molecule has 0 saturated carbocycles. The van der Waals surface area contributed by atoms with Crippen LogP contribution in [0.15, 0.2) is 48.5 Å². The molecule has 0 radical (unpaired) electrons. The van der Waals surface area contributed by atoms with Gasteiger partial charge in [-0.25, -0.2) is 8.78 Å². The second-order valence-electron chi connectivity index (χ2n) is 10.8. The molecule has 2 aromatic rings. The van der Waals surface area contributed by atoms with Crippen molar-refractivity contribution in [3.63, 3.8) is 0 Å². The van der Waals surface area contributed by atoms with Gasteiger partial charge in [-0.2, -0.15) is 0 Å². The van der Waals surface area contributed by atoms with Gasteiger partial charge >= 0.3 is 11.9 Å². The van der Waals surface area contributed by atoms with Gasteiger partial charge in [0.05, 0.1) is 24.5 Å². The van der Waals surface area contributed by atoms with Crippen molar-refractivity contribution in [1.82, 2.24) is 0 Å². The van der Waals surface area contributed by atoms with Crippen LogP contribution < -0.4 is 0 Å². The van der Waals surface area contributed by atoms with Gasteiger partial charge in [0.25, 0.3) is 0 Å². The van der Waals surface area contributed by atoms with Gasteiger partial charge < -0.3 is 14.2 Å². The first-order valence-electron chi connectivity index (χ1n) is 12.2. The number of halogens is 2. The summed E-state index contributed by atoms with van der Waals surface area (Å²) in [4.78, 5) is 25.0. The summed E-state index contributed by atoms with van der Waals surface area (Å²) in [6.45, 7) is 12.8. The lowest BCUT2D eigenvalue weighted by molar-refractivity contribution is -0.169. The van der Waals surface area contributed by atoms with Gasteiger partial charge in [-0.15, -0.1) is 0 Å². The van der Waals surface area contributed by atoms with E-state index in [1.54, 1.807) is 58.9 Å². The predicted octanol–water partition coefficient (Wildman–Crippen LogP) is 6.42. The predicted molar refractivity (Wildman–Crippen MR) is 134 cm³/mol. The van der Waals surface area contributed by atoms with E-state index in [-0.39, 0.29) is 30.6 Å². The lowest BCUT2D eigenvalue weighted by atomic mass is 9.81. The number of hydrogen-bond donors (Lipinski definition) is 0. The highest BCUT2D eigenvalue weighted by Gasteiger charge is 2.37. The molecule has 0 aromatic heterocycles. The largest absolute Gasteiger partial charge is 0.462 e. The monoisotopic (exact) mass is 504 g/mol. The minimum absolute atomic E-state index is 0.0874. The van der Waals surface area contributed by atoms with E-state index in [0.29, 0.717) is 6.42 Å². The molecule has 0 fully saturated rings. The zero-order chi connectivity index (χ0) is 27.1. The summed E-state index contributed by atoms with van der Waals surface area (Å²) in [6, 6.07) is 12.2. The smallest absolute Gasteiger partial charge is 0.309 e. The van der Waals surface area contributed by atoms with Crippen LogP contribution in [0.25, 0.3) is 0 Å². The number of rotatable bonds is 11. The molecule has 0 N–H and O–H groups in total. The van der Waals surface area contributed by atoms with Crippen LogP contribution in [-0.4, -0.2) is 29.2 Å². The maximum absolute atomic E-state index is 13.5. The Morgan fingerprint density at radius 2 is 1.33 bits per heavy atom. The van der Waals surface area contributed by atoms with Crippen LogP contribution in [0, 0.1) is 23.5 Å². The van der Waals surface area contributed by atoms with Gasteiger partial charge in [0.1, 0.15) is 23.3 Å². The molecular weight excluding hydrogens is 466 g/mol. The SMILES string of the molecule is C[C@H](CC(=O)OC(C)(C)C)C(=O)O[C@@H](C)[C@H](Cc1ccc(F)cc1)C(C)(C)OCc1ccc(F)cc1. The Balaban J connectivity index is 2.15. The third-order valence-electron chi connectivity index (χ3n) is 5.95. The zero-order valence-corrected chi connectivity index (χ0v) is 22.3. The standard InChI is InChI=1S/C29H38F2O5/c1-19(16-26(32)36-28(3,4)5)27(33)35-20(2)25(17-21-8-12-23(30)13-9-21)29(6,7)34-18-22-10-14-24(31)15-11-22/h8-15,19-20,25H,16-18H2,1-7H3/t19-,20+,25+/m1/s1. The average Bonchev–Trinajstić information content (AvgIpc) is 2.76. The molecule has 2 rings (SSSR count). The van der Waals surface area contributed by atoms with E-state index in [9.17, 15) is 18.4 Å². The fraction of sp³-hybridized carbons (Fsp3) is 0.517. The maximum Gasteiger partial charge on any atom is 0.309 e. The highest BCUT2D eigenvalue weighted by atomic mass is 19.1. The van der Waals surface area contributed by atoms with Crippen molar-refractivity contribution in [1.29, 1.82) is 0 Å². The summed E-state index contributed by atoms with van der Waals surface area (Å²) in [7, 11) is 0. The molecule has 0 saturated heterocycles. The quantitative estimate of drug-likeness (QED) is 0.331. The summed E-state index contributed by atoms with van der Waals surface area (Å²) < 4.78 is 44.1. The van der Waals surface area contributed by atoms with Gasteiger partial charge in [-0.05, 0) is 83.4 Å². The van der Waals surface area contributed by atoms with Gasteiger partial charge in [-0.1, -0.05) is 31.2 Å². The summed E-state index contributed by atoms with van der Waals surface area (Å²) in [5.41, 5.74) is 0.266. The Hall–Kier alpha value is -2.80. The number of esters is 2. The van der Waals surface area contributed by atoms with Crippen LogP contribution in [0.5, 0.6) is 0 Å². The number of carbonyl (C=O) groups is 2. The lowest BCUT2D eigenvalue weighted by Crippen LogP contribution is -2.44. The van der Waals surface area contributed by atoms with E-state index in [1.807, 2.05) is 13.8 Å². The van der Waals surface area contributed by atoms with Crippen LogP contribution >= 0.6 is 0 Å². The van der Waals surface area contributed by atoms with Crippen molar-refractivity contribution < 1.29 is 32.6 Å². The van der Waals surface area contributed by atoms with E-state index < -0.39 is 35.2 Å². The Morgan fingerprint density at radius 1 is 0.833 bits per heavy atom. The van der Waals surface area contributed by atoms with Gasteiger partial charge in [-0.3, -0.25) is 9.59 Å². The fourth-order valence-corrected chi connectivity index (χ4v) is 3.91. The molecule has 0 aliphatic carbocycles. The molecule has 2 aromatic carbocycles. The molecule has 0 heterocycles. The summed E-state index contributed by atoms with van der Waals surface area (Å²) >= 11 is 0. The molecule has 0 aliphatic rings. The van der Waals surface area contributed by atoms with Crippen LogP contribution in [0.4, 0.5) is 8.78 Å². The molecule has 7 heteroatoms. The minimum Gasteiger partial charge on any atom is -0.462 e. The van der Waals surface area contributed by atoms with Crippen LogP contribution in [-0.2, 0) is 36.8 Å². The Bertz CT molecular complexity index is 994. The number of benzene rings is 2. The first-order valence-corrected chi connectivity index (χ1v) is 12.2.